The smallest absolute Gasteiger partial charge is 0.319 e. The second-order valence-corrected chi connectivity index (χ2v) is 7.41. The molecule has 5 rings (SSSR count). The van der Waals surface area contributed by atoms with Crippen molar-refractivity contribution in [2.75, 3.05) is 33.7 Å². The summed E-state index contributed by atoms with van der Waals surface area (Å²) in [5.41, 5.74) is 0.560. The van der Waals surface area contributed by atoms with Gasteiger partial charge in [-0.15, -0.1) is 10.2 Å². The normalized spacial score (nSPS) is 21.9. The van der Waals surface area contributed by atoms with E-state index in [1.807, 2.05) is 9.80 Å². The molecule has 9 nitrogen and oxygen atoms in total. The summed E-state index contributed by atoms with van der Waals surface area (Å²) in [6.07, 6.45) is 6.71. The van der Waals surface area contributed by atoms with E-state index in [9.17, 15) is 9.59 Å². The zero-order valence-corrected chi connectivity index (χ0v) is 15.5. The van der Waals surface area contributed by atoms with E-state index in [2.05, 4.69) is 15.2 Å². The van der Waals surface area contributed by atoms with Gasteiger partial charge in [-0.05, 0) is 30.9 Å². The highest BCUT2D eigenvalue weighted by molar-refractivity contribution is 5.94. The Hall–Kier alpha value is -2.97. The van der Waals surface area contributed by atoms with E-state index in [-0.39, 0.29) is 18.0 Å². The predicted molar refractivity (Wildman–Crippen MR) is 97.4 cm³/mol. The Labute approximate surface area is 157 Å². The van der Waals surface area contributed by atoms with Crippen LogP contribution < -0.4 is 0 Å². The Kier molecular flexibility index (Phi) is 4.51. The summed E-state index contributed by atoms with van der Waals surface area (Å²) >= 11 is 0. The molecule has 9 heteroatoms. The molecule has 0 unspecified atom stereocenters. The molecule has 27 heavy (non-hydrogen) atoms. The lowest BCUT2D eigenvalue weighted by Crippen LogP contribution is -2.48. The third-order valence-corrected chi connectivity index (χ3v) is 5.31. The number of carbonyl (C=O) groups excluding carboxylic acids is 2. The van der Waals surface area contributed by atoms with E-state index in [0.717, 1.165) is 12.8 Å². The quantitative estimate of drug-likeness (QED) is 0.784. The van der Waals surface area contributed by atoms with Crippen LogP contribution in [0.15, 0.2) is 31.0 Å². The molecule has 0 aliphatic carbocycles. The van der Waals surface area contributed by atoms with Crippen molar-refractivity contribution in [3.05, 3.63) is 36.5 Å². The topological polar surface area (TPSA) is 87.5 Å². The lowest BCUT2D eigenvalue weighted by atomic mass is 9.94. The van der Waals surface area contributed by atoms with Gasteiger partial charge in [-0.3, -0.25) is 9.36 Å². The van der Waals surface area contributed by atoms with Gasteiger partial charge in [0.05, 0.1) is 5.56 Å². The van der Waals surface area contributed by atoms with Gasteiger partial charge in [0.25, 0.3) is 5.91 Å². The van der Waals surface area contributed by atoms with E-state index in [1.165, 1.54) is 0 Å². The average molecular weight is 369 g/mol. The Morgan fingerprint density at radius 2 is 1.85 bits per heavy atom. The van der Waals surface area contributed by atoms with Crippen molar-refractivity contribution < 1.29 is 9.59 Å². The number of aromatic nitrogens is 4. The highest BCUT2D eigenvalue weighted by Crippen LogP contribution is 2.29. The molecule has 0 saturated carbocycles. The lowest BCUT2D eigenvalue weighted by molar-refractivity contribution is 0.0585. The Bertz CT molecular complexity index is 819. The molecule has 3 saturated heterocycles. The Morgan fingerprint density at radius 1 is 1.07 bits per heavy atom. The monoisotopic (exact) mass is 369 g/mol. The zero-order chi connectivity index (χ0) is 19.0. The van der Waals surface area contributed by atoms with Crippen LogP contribution in [0.2, 0.25) is 0 Å². The summed E-state index contributed by atoms with van der Waals surface area (Å²) in [5, 5.41) is 7.52. The van der Waals surface area contributed by atoms with Crippen LogP contribution in [-0.2, 0) is 0 Å². The predicted octanol–water partition coefficient (Wildman–Crippen LogP) is 0.880. The first-order chi connectivity index (χ1) is 13.0. The molecule has 142 valence electrons. The number of amides is 3. The van der Waals surface area contributed by atoms with Gasteiger partial charge in [-0.2, -0.15) is 0 Å². The summed E-state index contributed by atoms with van der Waals surface area (Å²) < 4.78 is 1.69. The minimum absolute atomic E-state index is 0.0150. The molecule has 0 radical (unpaired) electrons. The number of rotatable bonds is 2. The molecular weight excluding hydrogens is 346 g/mol. The second-order valence-electron chi connectivity index (χ2n) is 7.41. The molecule has 3 aliphatic rings. The van der Waals surface area contributed by atoms with Crippen LogP contribution in [0.25, 0.3) is 5.82 Å². The number of fused-ring (bicyclic) bond motifs is 4. The highest BCUT2D eigenvalue weighted by Gasteiger charge is 2.39. The van der Waals surface area contributed by atoms with Crippen molar-refractivity contribution in [3.63, 3.8) is 0 Å². The largest absolute Gasteiger partial charge is 0.333 e. The van der Waals surface area contributed by atoms with E-state index >= 15 is 0 Å². The van der Waals surface area contributed by atoms with Crippen LogP contribution in [0.3, 0.4) is 0 Å². The fourth-order valence-corrected chi connectivity index (χ4v) is 3.92. The molecule has 3 amide bonds. The third kappa shape index (κ3) is 3.36. The minimum atomic E-state index is -0.0216. The maximum absolute atomic E-state index is 13.1. The Morgan fingerprint density at radius 3 is 2.52 bits per heavy atom. The van der Waals surface area contributed by atoms with Crippen LogP contribution >= 0.6 is 0 Å². The second kappa shape index (κ2) is 6.98. The van der Waals surface area contributed by atoms with Gasteiger partial charge in [0, 0.05) is 46.0 Å². The van der Waals surface area contributed by atoms with Crippen molar-refractivity contribution in [1.82, 2.24) is 34.4 Å². The average Bonchev–Trinajstić information content (AvgIpc) is 3.07. The van der Waals surface area contributed by atoms with Gasteiger partial charge in [0.2, 0.25) is 0 Å². The fraction of sp³-hybridized carbons (Fsp3) is 0.500. The third-order valence-electron chi connectivity index (χ3n) is 5.31. The number of carbonyl (C=O) groups is 2. The number of pyridine rings is 1. The molecule has 2 aromatic heterocycles. The van der Waals surface area contributed by atoms with Crippen LogP contribution in [0, 0.1) is 5.92 Å². The van der Waals surface area contributed by atoms with Crippen LogP contribution in [0.1, 0.15) is 23.2 Å². The first kappa shape index (κ1) is 17.4. The summed E-state index contributed by atoms with van der Waals surface area (Å²) in [6, 6.07) is 3.64. The van der Waals surface area contributed by atoms with Gasteiger partial charge in [0.15, 0.2) is 0 Å². The van der Waals surface area contributed by atoms with Gasteiger partial charge in [-0.25, -0.2) is 9.78 Å². The van der Waals surface area contributed by atoms with Crippen molar-refractivity contribution in [2.24, 2.45) is 5.92 Å². The summed E-state index contributed by atoms with van der Waals surface area (Å²) in [5.74, 6) is 0.962. The molecule has 0 aromatic carbocycles. The molecule has 2 aromatic rings. The molecule has 2 atom stereocenters. The number of urea groups is 1. The number of nitrogens with zero attached hydrogens (tertiary/aromatic N) is 7. The van der Waals surface area contributed by atoms with Gasteiger partial charge in [0.1, 0.15) is 18.5 Å². The Balaban J connectivity index is 1.51. The van der Waals surface area contributed by atoms with E-state index in [1.54, 1.807) is 54.5 Å². The lowest BCUT2D eigenvalue weighted by Gasteiger charge is -2.36. The van der Waals surface area contributed by atoms with Crippen molar-refractivity contribution in [3.8, 4) is 5.82 Å². The number of hydrogen-bond donors (Lipinski definition) is 0. The molecule has 0 N–H and O–H groups in total. The SMILES string of the molecule is CN(C)C(=O)N1C[C@H]2CC[C@@H](C1)N(C(=O)c1ccc(-n3cnnc3)nc1)C2. The van der Waals surface area contributed by atoms with Crippen molar-refractivity contribution in [2.45, 2.75) is 18.9 Å². The summed E-state index contributed by atoms with van der Waals surface area (Å²) in [6.45, 7) is 1.99. The van der Waals surface area contributed by atoms with E-state index < -0.39 is 0 Å². The maximum atomic E-state index is 13.1. The van der Waals surface area contributed by atoms with Gasteiger partial charge in [-0.1, -0.05) is 0 Å². The first-order valence-electron chi connectivity index (χ1n) is 9.11. The summed E-state index contributed by atoms with van der Waals surface area (Å²) in [4.78, 5) is 35.2. The number of hydrogen-bond acceptors (Lipinski definition) is 5. The van der Waals surface area contributed by atoms with Crippen LogP contribution in [-0.4, -0.2) is 86.2 Å². The minimum Gasteiger partial charge on any atom is -0.333 e. The fourth-order valence-electron chi connectivity index (χ4n) is 3.92. The van der Waals surface area contributed by atoms with Crippen molar-refractivity contribution >= 4 is 11.9 Å². The van der Waals surface area contributed by atoms with Gasteiger partial charge >= 0.3 is 6.03 Å². The molecular formula is C18H23N7O2. The maximum Gasteiger partial charge on any atom is 0.319 e. The summed E-state index contributed by atoms with van der Waals surface area (Å²) in [7, 11) is 3.53. The molecule has 2 bridgehead atoms. The van der Waals surface area contributed by atoms with Gasteiger partial charge < -0.3 is 14.7 Å². The standard InChI is InChI=1S/C18H23N7O2/c1-22(2)18(27)23-8-13-3-5-15(10-23)25(9-13)17(26)14-4-6-16(19-7-14)24-11-20-21-12-24/h4,6-7,11-13,15H,3,5,8-10H2,1-2H3/t13-,15+/m1/s1. The van der Waals surface area contributed by atoms with Crippen molar-refractivity contribution in [1.29, 1.82) is 0 Å². The van der Waals surface area contributed by atoms with Crippen LogP contribution in [0.4, 0.5) is 4.79 Å². The molecule has 0 spiro atoms. The zero-order valence-electron chi connectivity index (χ0n) is 15.5. The molecule has 3 aliphatic heterocycles. The highest BCUT2D eigenvalue weighted by atomic mass is 16.2. The molecule has 3 fully saturated rings. The van der Waals surface area contributed by atoms with E-state index in [4.69, 9.17) is 0 Å². The molecule has 5 heterocycles. The van der Waals surface area contributed by atoms with Crippen LogP contribution in [0.5, 0.6) is 0 Å². The number of piperidine rings is 1. The first-order valence-corrected chi connectivity index (χ1v) is 9.11. The van der Waals surface area contributed by atoms with E-state index in [0.29, 0.717) is 36.9 Å².